The standard InChI is InChI=1S/C12H24N2O3/c1-9(10-3-4-10)14(7-8-17-2)6-5-11(13)12(15)16/h9-11H,3-8,13H2,1-2H3,(H,15,16). The van der Waals surface area contributed by atoms with E-state index >= 15 is 0 Å². The summed E-state index contributed by atoms with van der Waals surface area (Å²) in [6.45, 7) is 4.47. The van der Waals surface area contributed by atoms with Crippen LogP contribution in [0.25, 0.3) is 0 Å². The maximum atomic E-state index is 10.7. The Labute approximate surface area is 103 Å². The first kappa shape index (κ1) is 14.4. The largest absolute Gasteiger partial charge is 0.480 e. The Morgan fingerprint density at radius 3 is 2.65 bits per heavy atom. The average molecular weight is 244 g/mol. The Morgan fingerprint density at radius 2 is 2.18 bits per heavy atom. The van der Waals surface area contributed by atoms with Crippen LogP contribution in [0.3, 0.4) is 0 Å². The van der Waals surface area contributed by atoms with E-state index in [1.807, 2.05) is 0 Å². The van der Waals surface area contributed by atoms with Crippen molar-refractivity contribution in [1.82, 2.24) is 4.90 Å². The zero-order valence-electron chi connectivity index (χ0n) is 10.8. The van der Waals surface area contributed by atoms with Crippen molar-refractivity contribution in [3.05, 3.63) is 0 Å². The van der Waals surface area contributed by atoms with Crippen LogP contribution < -0.4 is 5.73 Å². The van der Waals surface area contributed by atoms with Crippen LogP contribution in [0.15, 0.2) is 0 Å². The number of nitrogens with zero attached hydrogens (tertiary/aromatic N) is 1. The summed E-state index contributed by atoms with van der Waals surface area (Å²) in [5.41, 5.74) is 5.53. The quantitative estimate of drug-likeness (QED) is 0.619. The van der Waals surface area contributed by atoms with Gasteiger partial charge < -0.3 is 15.6 Å². The topological polar surface area (TPSA) is 75.8 Å². The lowest BCUT2D eigenvalue weighted by Gasteiger charge is -2.29. The van der Waals surface area contributed by atoms with Crippen molar-refractivity contribution in [3.8, 4) is 0 Å². The fourth-order valence-electron chi connectivity index (χ4n) is 2.03. The molecule has 1 rings (SSSR count). The summed E-state index contributed by atoms with van der Waals surface area (Å²) in [6, 6.07) is -0.252. The lowest BCUT2D eigenvalue weighted by Crippen LogP contribution is -2.41. The predicted molar refractivity (Wildman–Crippen MR) is 65.9 cm³/mol. The van der Waals surface area contributed by atoms with E-state index in [-0.39, 0.29) is 0 Å². The highest BCUT2D eigenvalue weighted by Gasteiger charge is 2.31. The Hall–Kier alpha value is -0.650. The first-order valence-corrected chi connectivity index (χ1v) is 6.27. The van der Waals surface area contributed by atoms with Crippen LogP contribution in [-0.2, 0) is 9.53 Å². The minimum Gasteiger partial charge on any atom is -0.480 e. The summed E-state index contributed by atoms with van der Waals surface area (Å²) in [6.07, 6.45) is 3.07. The number of hydrogen-bond acceptors (Lipinski definition) is 4. The molecule has 1 fully saturated rings. The highest BCUT2D eigenvalue weighted by atomic mass is 16.5. The molecule has 0 bridgehead atoms. The van der Waals surface area contributed by atoms with E-state index in [2.05, 4.69) is 11.8 Å². The van der Waals surface area contributed by atoms with Gasteiger partial charge >= 0.3 is 5.97 Å². The average Bonchev–Trinajstić information content (AvgIpc) is 3.11. The van der Waals surface area contributed by atoms with E-state index < -0.39 is 12.0 Å². The van der Waals surface area contributed by atoms with Gasteiger partial charge in [0, 0.05) is 26.2 Å². The summed E-state index contributed by atoms with van der Waals surface area (Å²) >= 11 is 0. The molecule has 1 aliphatic rings. The minimum absolute atomic E-state index is 0.496. The molecule has 5 nitrogen and oxygen atoms in total. The maximum absolute atomic E-state index is 10.7. The summed E-state index contributed by atoms with van der Waals surface area (Å²) < 4.78 is 5.09. The van der Waals surface area contributed by atoms with Crippen molar-refractivity contribution in [1.29, 1.82) is 0 Å². The monoisotopic (exact) mass is 244 g/mol. The lowest BCUT2D eigenvalue weighted by molar-refractivity contribution is -0.138. The van der Waals surface area contributed by atoms with Gasteiger partial charge in [-0.1, -0.05) is 0 Å². The molecule has 3 N–H and O–H groups in total. The molecule has 0 amide bonds. The predicted octanol–water partition coefficient (Wildman–Crippen LogP) is 0.535. The van der Waals surface area contributed by atoms with E-state index in [1.165, 1.54) is 12.8 Å². The van der Waals surface area contributed by atoms with Gasteiger partial charge in [0.15, 0.2) is 0 Å². The van der Waals surface area contributed by atoms with Crippen molar-refractivity contribution in [3.63, 3.8) is 0 Å². The SMILES string of the molecule is COCCN(CCC(N)C(=O)O)C(C)C1CC1. The number of hydrogen-bond donors (Lipinski definition) is 2. The number of nitrogens with two attached hydrogens (primary N) is 1. The fraction of sp³-hybridized carbons (Fsp3) is 0.917. The molecule has 1 aliphatic carbocycles. The van der Waals surface area contributed by atoms with Crippen LogP contribution in [0, 0.1) is 5.92 Å². The molecule has 0 saturated heterocycles. The molecule has 2 atom stereocenters. The highest BCUT2D eigenvalue weighted by molar-refractivity contribution is 5.72. The molecule has 0 heterocycles. The summed E-state index contributed by atoms with van der Waals surface area (Å²) in [5.74, 6) is -0.149. The van der Waals surface area contributed by atoms with Gasteiger partial charge in [0.1, 0.15) is 6.04 Å². The third-order valence-corrected chi connectivity index (χ3v) is 3.51. The molecule has 1 saturated carbocycles. The smallest absolute Gasteiger partial charge is 0.320 e. The van der Waals surface area contributed by atoms with Gasteiger partial charge in [0.25, 0.3) is 0 Å². The van der Waals surface area contributed by atoms with Crippen LogP contribution in [-0.4, -0.2) is 54.9 Å². The molecule has 0 aromatic heterocycles. The van der Waals surface area contributed by atoms with Gasteiger partial charge in [0.05, 0.1) is 6.61 Å². The molecule has 17 heavy (non-hydrogen) atoms. The van der Waals surface area contributed by atoms with Crippen LogP contribution >= 0.6 is 0 Å². The van der Waals surface area contributed by atoms with E-state index in [0.29, 0.717) is 19.1 Å². The Balaban J connectivity index is 2.36. The Kier molecular flexibility index (Phi) is 5.88. The molecule has 100 valence electrons. The molecule has 0 spiro atoms. The second-order valence-corrected chi connectivity index (χ2v) is 4.84. The number of rotatable bonds is 9. The molecule has 5 heteroatoms. The van der Waals surface area contributed by atoms with E-state index in [4.69, 9.17) is 15.6 Å². The minimum atomic E-state index is -0.921. The molecule has 0 radical (unpaired) electrons. The van der Waals surface area contributed by atoms with Gasteiger partial charge in [-0.2, -0.15) is 0 Å². The number of ether oxygens (including phenoxy) is 1. The molecule has 2 unspecified atom stereocenters. The summed E-state index contributed by atoms with van der Waals surface area (Å²) in [5, 5.41) is 8.76. The van der Waals surface area contributed by atoms with Crippen LogP contribution in [0.5, 0.6) is 0 Å². The van der Waals surface area contributed by atoms with Crippen molar-refractivity contribution < 1.29 is 14.6 Å². The second kappa shape index (κ2) is 6.93. The van der Waals surface area contributed by atoms with Crippen LogP contribution in [0.4, 0.5) is 0 Å². The number of methoxy groups -OCH3 is 1. The van der Waals surface area contributed by atoms with Gasteiger partial charge in [-0.3, -0.25) is 9.69 Å². The Bertz CT molecular complexity index is 244. The summed E-state index contributed by atoms with van der Waals surface area (Å²) in [7, 11) is 1.68. The first-order valence-electron chi connectivity index (χ1n) is 6.27. The van der Waals surface area contributed by atoms with E-state index in [0.717, 1.165) is 19.0 Å². The third-order valence-electron chi connectivity index (χ3n) is 3.51. The zero-order chi connectivity index (χ0) is 12.8. The normalized spacial score (nSPS) is 19.3. The van der Waals surface area contributed by atoms with Crippen molar-refractivity contribution in [2.75, 3.05) is 26.8 Å². The summed E-state index contributed by atoms with van der Waals surface area (Å²) in [4.78, 5) is 13.0. The van der Waals surface area contributed by atoms with Crippen LogP contribution in [0.1, 0.15) is 26.2 Å². The molecular formula is C12H24N2O3. The number of carbonyl (C=O) groups is 1. The number of carboxylic acids is 1. The highest BCUT2D eigenvalue weighted by Crippen LogP contribution is 2.35. The number of aliphatic carboxylic acids is 1. The molecule has 0 aliphatic heterocycles. The van der Waals surface area contributed by atoms with Crippen molar-refractivity contribution in [2.24, 2.45) is 11.7 Å². The molecule has 0 aromatic rings. The van der Waals surface area contributed by atoms with E-state index in [1.54, 1.807) is 7.11 Å². The lowest BCUT2D eigenvalue weighted by atomic mass is 10.1. The third kappa shape index (κ3) is 5.02. The fourth-order valence-corrected chi connectivity index (χ4v) is 2.03. The van der Waals surface area contributed by atoms with Crippen molar-refractivity contribution in [2.45, 2.75) is 38.3 Å². The maximum Gasteiger partial charge on any atom is 0.320 e. The molecule has 0 aromatic carbocycles. The first-order chi connectivity index (χ1) is 8.06. The van der Waals surface area contributed by atoms with Gasteiger partial charge in [-0.05, 0) is 32.1 Å². The van der Waals surface area contributed by atoms with Crippen molar-refractivity contribution >= 4 is 5.97 Å². The van der Waals surface area contributed by atoms with Gasteiger partial charge in [0.2, 0.25) is 0 Å². The zero-order valence-corrected chi connectivity index (χ0v) is 10.8. The molecular weight excluding hydrogens is 220 g/mol. The van der Waals surface area contributed by atoms with Gasteiger partial charge in [-0.25, -0.2) is 0 Å². The van der Waals surface area contributed by atoms with Crippen LogP contribution in [0.2, 0.25) is 0 Å². The number of carboxylic acid groups (broad SMARTS) is 1. The Morgan fingerprint density at radius 1 is 1.53 bits per heavy atom. The van der Waals surface area contributed by atoms with Gasteiger partial charge in [-0.15, -0.1) is 0 Å². The second-order valence-electron chi connectivity index (χ2n) is 4.84. The van der Waals surface area contributed by atoms with E-state index in [9.17, 15) is 4.79 Å².